The zero-order valence-corrected chi connectivity index (χ0v) is 14.8. The Morgan fingerprint density at radius 1 is 1.25 bits per heavy atom. The number of rotatable bonds is 7. The molecule has 1 N–H and O–H groups in total. The molecule has 2 aromatic rings. The molecule has 2 rings (SSSR count). The van der Waals surface area contributed by atoms with E-state index in [1.165, 1.54) is 29.2 Å². The van der Waals surface area contributed by atoms with Gasteiger partial charge in [0.05, 0.1) is 17.7 Å². The molecule has 6 nitrogen and oxygen atoms in total. The quantitative estimate of drug-likeness (QED) is 0.832. The summed E-state index contributed by atoms with van der Waals surface area (Å²) in [5.74, 6) is 0.480. The molecule has 0 aliphatic heterocycles. The Labute approximate surface area is 142 Å². The molecule has 24 heavy (non-hydrogen) atoms. The first-order valence-electron chi connectivity index (χ1n) is 7.73. The number of hydrogen-bond acceptors (Lipinski definition) is 4. The van der Waals surface area contributed by atoms with Gasteiger partial charge in [-0.15, -0.1) is 0 Å². The van der Waals surface area contributed by atoms with E-state index in [1.807, 2.05) is 6.92 Å². The predicted octanol–water partition coefficient (Wildman–Crippen LogP) is 2.63. The number of nitrogens with zero attached hydrogens (tertiary/aromatic N) is 1. The van der Waals surface area contributed by atoms with Crippen molar-refractivity contribution in [2.24, 2.45) is 0 Å². The Hall–Kier alpha value is -2.12. The van der Waals surface area contributed by atoms with Crippen LogP contribution in [0.3, 0.4) is 0 Å². The third kappa shape index (κ3) is 4.46. The van der Waals surface area contributed by atoms with Crippen LogP contribution >= 0.6 is 0 Å². The minimum Gasteiger partial charge on any atom is -0.467 e. The number of carbonyl (C=O) groups excluding carboxylic acids is 1. The molecule has 1 atom stereocenters. The van der Waals surface area contributed by atoms with Crippen LogP contribution in [0, 0.1) is 0 Å². The number of furan rings is 1. The second kappa shape index (κ2) is 7.63. The monoisotopic (exact) mass is 350 g/mol. The number of hydrogen-bond donors (Lipinski definition) is 1. The molecule has 7 heteroatoms. The highest BCUT2D eigenvalue weighted by atomic mass is 32.2. The van der Waals surface area contributed by atoms with Gasteiger partial charge in [-0.1, -0.05) is 6.92 Å². The lowest BCUT2D eigenvalue weighted by Gasteiger charge is -2.16. The summed E-state index contributed by atoms with van der Waals surface area (Å²) in [5, 5.41) is 0. The van der Waals surface area contributed by atoms with Crippen molar-refractivity contribution in [3.63, 3.8) is 0 Å². The highest BCUT2D eigenvalue weighted by Gasteiger charge is 2.18. The summed E-state index contributed by atoms with van der Waals surface area (Å²) in [6.45, 7) is 4.06. The Morgan fingerprint density at radius 3 is 2.46 bits per heavy atom. The molecule has 1 unspecified atom stereocenters. The maximum atomic E-state index is 12.4. The van der Waals surface area contributed by atoms with E-state index in [1.54, 1.807) is 32.4 Å². The smallest absolute Gasteiger partial charge is 0.254 e. The number of sulfonamides is 1. The Morgan fingerprint density at radius 2 is 1.92 bits per heavy atom. The van der Waals surface area contributed by atoms with Gasteiger partial charge in [-0.05, 0) is 49.7 Å². The fraction of sp³-hybridized carbons (Fsp3) is 0.353. The maximum Gasteiger partial charge on any atom is 0.254 e. The normalized spacial score (nSPS) is 12.8. The van der Waals surface area contributed by atoms with Crippen molar-refractivity contribution in [1.29, 1.82) is 0 Å². The fourth-order valence-electron chi connectivity index (χ4n) is 2.12. The highest BCUT2D eigenvalue weighted by molar-refractivity contribution is 7.89. The molecule has 1 amide bonds. The summed E-state index contributed by atoms with van der Waals surface area (Å²) in [4.78, 5) is 14.0. The van der Waals surface area contributed by atoms with Gasteiger partial charge in [0.15, 0.2) is 0 Å². The summed E-state index contributed by atoms with van der Waals surface area (Å²) in [7, 11) is -1.90. The molecule has 0 radical (unpaired) electrons. The van der Waals surface area contributed by atoms with Crippen molar-refractivity contribution in [2.75, 3.05) is 7.05 Å². The molecular formula is C17H22N2O4S. The molecular weight excluding hydrogens is 328 g/mol. The van der Waals surface area contributed by atoms with Crippen molar-refractivity contribution in [3.05, 3.63) is 54.0 Å². The van der Waals surface area contributed by atoms with Crippen molar-refractivity contribution >= 4 is 15.9 Å². The molecule has 130 valence electrons. The van der Waals surface area contributed by atoms with E-state index >= 15 is 0 Å². The molecule has 0 saturated carbocycles. The van der Waals surface area contributed by atoms with E-state index in [4.69, 9.17) is 4.42 Å². The first-order valence-corrected chi connectivity index (χ1v) is 9.22. The van der Waals surface area contributed by atoms with Gasteiger partial charge in [0.1, 0.15) is 5.76 Å². The average molecular weight is 350 g/mol. The van der Waals surface area contributed by atoms with Gasteiger partial charge < -0.3 is 9.32 Å². The Bertz CT molecular complexity index is 767. The van der Waals surface area contributed by atoms with Crippen LogP contribution in [-0.4, -0.2) is 32.3 Å². The van der Waals surface area contributed by atoms with Crippen molar-refractivity contribution in [2.45, 2.75) is 37.8 Å². The summed E-state index contributed by atoms with van der Waals surface area (Å²) >= 11 is 0. The zero-order valence-electron chi connectivity index (χ0n) is 14.0. The summed E-state index contributed by atoms with van der Waals surface area (Å²) in [5.41, 5.74) is 0.423. The molecule has 0 spiro atoms. The standard InChI is InChI=1S/C17H22N2O4S/c1-4-13(2)18-24(21,22)16-9-7-14(8-10-16)17(20)19(3)12-15-6-5-11-23-15/h5-11,13,18H,4,12H2,1-3H3. The zero-order chi connectivity index (χ0) is 17.7. The van der Waals surface area contributed by atoms with Crippen LogP contribution in [0.1, 0.15) is 36.4 Å². The summed E-state index contributed by atoms with van der Waals surface area (Å²) < 4.78 is 32.2. The third-order valence-corrected chi connectivity index (χ3v) is 5.31. The lowest BCUT2D eigenvalue weighted by Crippen LogP contribution is -2.32. The molecule has 1 aromatic heterocycles. The molecule has 0 aliphatic carbocycles. The molecule has 1 heterocycles. The number of amides is 1. The lowest BCUT2D eigenvalue weighted by atomic mass is 10.2. The van der Waals surface area contributed by atoms with E-state index in [0.29, 0.717) is 24.3 Å². The SMILES string of the molecule is CCC(C)NS(=O)(=O)c1ccc(C(=O)N(C)Cc2ccco2)cc1. The van der Waals surface area contributed by atoms with Crippen LogP contribution in [0.25, 0.3) is 0 Å². The second-order valence-corrected chi connectivity index (χ2v) is 7.41. The van der Waals surface area contributed by atoms with Crippen molar-refractivity contribution in [1.82, 2.24) is 9.62 Å². The van der Waals surface area contributed by atoms with E-state index < -0.39 is 10.0 Å². The van der Waals surface area contributed by atoms with E-state index in [-0.39, 0.29) is 16.8 Å². The molecule has 1 aromatic carbocycles. The number of nitrogens with one attached hydrogen (secondary N) is 1. The highest BCUT2D eigenvalue weighted by Crippen LogP contribution is 2.14. The largest absolute Gasteiger partial charge is 0.467 e. The van der Waals surface area contributed by atoms with Crippen LogP contribution < -0.4 is 4.72 Å². The first kappa shape index (κ1) is 18.2. The minimum absolute atomic E-state index is 0.143. The topological polar surface area (TPSA) is 79.6 Å². The van der Waals surface area contributed by atoms with Crippen LogP contribution in [0.15, 0.2) is 52.0 Å². The average Bonchev–Trinajstić information content (AvgIpc) is 3.06. The molecule has 0 bridgehead atoms. The van der Waals surface area contributed by atoms with Gasteiger partial charge in [0.2, 0.25) is 10.0 Å². The van der Waals surface area contributed by atoms with E-state index in [2.05, 4.69) is 4.72 Å². The van der Waals surface area contributed by atoms with Crippen molar-refractivity contribution in [3.8, 4) is 0 Å². The van der Waals surface area contributed by atoms with Crippen LogP contribution in [0.5, 0.6) is 0 Å². The van der Waals surface area contributed by atoms with Crippen molar-refractivity contribution < 1.29 is 17.6 Å². The third-order valence-electron chi connectivity index (χ3n) is 3.70. The predicted molar refractivity (Wildman–Crippen MR) is 91.0 cm³/mol. The minimum atomic E-state index is -3.57. The van der Waals surface area contributed by atoms with Gasteiger partial charge in [0.25, 0.3) is 5.91 Å². The summed E-state index contributed by atoms with van der Waals surface area (Å²) in [6, 6.07) is 9.34. The number of benzene rings is 1. The molecule has 0 aliphatic rings. The van der Waals surface area contributed by atoms with Crippen LogP contribution in [0.2, 0.25) is 0 Å². The lowest BCUT2D eigenvalue weighted by molar-refractivity contribution is 0.0775. The van der Waals surface area contributed by atoms with Gasteiger partial charge in [0, 0.05) is 18.7 Å². The van der Waals surface area contributed by atoms with Gasteiger partial charge in [-0.3, -0.25) is 4.79 Å². The Kier molecular flexibility index (Phi) is 5.80. The number of carbonyl (C=O) groups is 1. The van der Waals surface area contributed by atoms with Crippen LogP contribution in [-0.2, 0) is 16.6 Å². The Balaban J connectivity index is 2.09. The fourth-order valence-corrected chi connectivity index (χ4v) is 3.45. The maximum absolute atomic E-state index is 12.4. The van der Waals surface area contributed by atoms with E-state index in [0.717, 1.165) is 0 Å². The molecule has 0 saturated heterocycles. The van der Waals surface area contributed by atoms with E-state index in [9.17, 15) is 13.2 Å². The first-order chi connectivity index (χ1) is 11.3. The van der Waals surface area contributed by atoms with Gasteiger partial charge >= 0.3 is 0 Å². The van der Waals surface area contributed by atoms with Crippen LogP contribution in [0.4, 0.5) is 0 Å². The van der Waals surface area contributed by atoms with Gasteiger partial charge in [-0.25, -0.2) is 13.1 Å². The summed E-state index contributed by atoms with van der Waals surface area (Å²) in [6.07, 6.45) is 2.25. The molecule has 0 fully saturated rings. The second-order valence-electron chi connectivity index (χ2n) is 5.70. The van der Waals surface area contributed by atoms with Gasteiger partial charge in [-0.2, -0.15) is 0 Å².